The first-order chi connectivity index (χ1) is 12.3. The molecule has 1 N–H and O–H groups in total. The molecule has 0 amide bonds. The van der Waals surface area contributed by atoms with E-state index >= 15 is 0 Å². The number of nitrogens with zero attached hydrogens (tertiary/aromatic N) is 1. The van der Waals surface area contributed by atoms with Crippen molar-refractivity contribution in [3.8, 4) is 17.0 Å². The standard InChI is InChI=1S/C21H20N2O2/c1-24-18-11-9-17(10-12-18)21(14-25-15-21)23-19-8-5-13-22-20(19)16-6-3-2-4-7-16/h2-13,23H,14-15H2,1H3. The summed E-state index contributed by atoms with van der Waals surface area (Å²) in [6, 6.07) is 22.4. The van der Waals surface area contributed by atoms with Crippen molar-refractivity contribution >= 4 is 5.69 Å². The van der Waals surface area contributed by atoms with E-state index < -0.39 is 0 Å². The molecule has 126 valence electrons. The second-order valence-electron chi connectivity index (χ2n) is 6.19. The van der Waals surface area contributed by atoms with Gasteiger partial charge in [0.25, 0.3) is 0 Å². The van der Waals surface area contributed by atoms with Gasteiger partial charge in [0.1, 0.15) is 11.3 Å². The molecule has 1 saturated heterocycles. The summed E-state index contributed by atoms with van der Waals surface area (Å²) < 4.78 is 10.8. The largest absolute Gasteiger partial charge is 0.497 e. The van der Waals surface area contributed by atoms with E-state index in [-0.39, 0.29) is 5.54 Å². The van der Waals surface area contributed by atoms with Crippen molar-refractivity contribution < 1.29 is 9.47 Å². The number of anilines is 1. The fourth-order valence-corrected chi connectivity index (χ4v) is 3.12. The molecular weight excluding hydrogens is 312 g/mol. The van der Waals surface area contributed by atoms with Gasteiger partial charge in [0, 0.05) is 11.8 Å². The number of aromatic nitrogens is 1. The van der Waals surface area contributed by atoms with Gasteiger partial charge in [-0.05, 0) is 29.8 Å². The molecule has 4 nitrogen and oxygen atoms in total. The molecule has 1 fully saturated rings. The van der Waals surface area contributed by atoms with Crippen molar-refractivity contribution in [2.45, 2.75) is 5.54 Å². The minimum absolute atomic E-state index is 0.237. The summed E-state index contributed by atoms with van der Waals surface area (Å²) in [6.45, 7) is 1.25. The zero-order valence-electron chi connectivity index (χ0n) is 14.1. The van der Waals surface area contributed by atoms with Crippen LogP contribution in [-0.2, 0) is 10.3 Å². The zero-order valence-corrected chi connectivity index (χ0v) is 14.1. The van der Waals surface area contributed by atoms with Crippen LogP contribution in [0.3, 0.4) is 0 Å². The highest BCUT2D eigenvalue weighted by molar-refractivity contribution is 5.75. The minimum Gasteiger partial charge on any atom is -0.497 e. The Morgan fingerprint density at radius 2 is 1.72 bits per heavy atom. The Balaban J connectivity index is 1.69. The van der Waals surface area contributed by atoms with Crippen LogP contribution in [0.25, 0.3) is 11.3 Å². The summed E-state index contributed by atoms with van der Waals surface area (Å²) in [5.74, 6) is 0.852. The lowest BCUT2D eigenvalue weighted by atomic mass is 9.87. The second-order valence-corrected chi connectivity index (χ2v) is 6.19. The highest BCUT2D eigenvalue weighted by atomic mass is 16.5. The Bertz CT molecular complexity index is 843. The molecule has 3 aromatic rings. The predicted octanol–water partition coefficient (Wildman–Crippen LogP) is 4.09. The molecule has 0 bridgehead atoms. The van der Waals surface area contributed by atoms with Gasteiger partial charge in [0.15, 0.2) is 0 Å². The van der Waals surface area contributed by atoms with E-state index in [1.807, 2.05) is 42.6 Å². The molecule has 4 heteroatoms. The van der Waals surface area contributed by atoms with Crippen LogP contribution >= 0.6 is 0 Å². The van der Waals surface area contributed by atoms with Gasteiger partial charge in [-0.2, -0.15) is 0 Å². The maximum Gasteiger partial charge on any atom is 0.118 e. The van der Waals surface area contributed by atoms with Crippen LogP contribution in [-0.4, -0.2) is 25.3 Å². The van der Waals surface area contributed by atoms with Crippen LogP contribution in [0.15, 0.2) is 72.9 Å². The molecule has 0 unspecified atom stereocenters. The first kappa shape index (κ1) is 15.7. The maximum atomic E-state index is 5.55. The van der Waals surface area contributed by atoms with Crippen molar-refractivity contribution in [1.29, 1.82) is 0 Å². The van der Waals surface area contributed by atoms with Gasteiger partial charge >= 0.3 is 0 Å². The number of pyridine rings is 1. The second kappa shape index (κ2) is 6.57. The Hall–Kier alpha value is -2.85. The van der Waals surface area contributed by atoms with Crippen LogP contribution in [0, 0.1) is 0 Å². The maximum absolute atomic E-state index is 5.55. The van der Waals surface area contributed by atoms with Gasteiger partial charge < -0.3 is 14.8 Å². The molecule has 0 atom stereocenters. The SMILES string of the molecule is COc1ccc(C2(Nc3cccnc3-c3ccccc3)COC2)cc1. The quantitative estimate of drug-likeness (QED) is 0.764. The third kappa shape index (κ3) is 2.96. The predicted molar refractivity (Wildman–Crippen MR) is 98.8 cm³/mol. The van der Waals surface area contributed by atoms with Gasteiger partial charge in [-0.1, -0.05) is 42.5 Å². The monoisotopic (exact) mass is 332 g/mol. The fraction of sp³-hybridized carbons (Fsp3) is 0.190. The molecular formula is C21H20N2O2. The summed E-state index contributed by atoms with van der Waals surface area (Å²) in [5.41, 5.74) is 3.99. The van der Waals surface area contributed by atoms with Gasteiger partial charge in [-0.3, -0.25) is 4.98 Å². The molecule has 2 aromatic carbocycles. The first-order valence-electron chi connectivity index (χ1n) is 8.32. The van der Waals surface area contributed by atoms with Crippen LogP contribution < -0.4 is 10.1 Å². The molecule has 1 aliphatic heterocycles. The van der Waals surface area contributed by atoms with E-state index in [1.54, 1.807) is 7.11 Å². The first-order valence-corrected chi connectivity index (χ1v) is 8.32. The Labute approximate surface area is 147 Å². The number of rotatable bonds is 5. The van der Waals surface area contributed by atoms with Gasteiger partial charge in [-0.25, -0.2) is 0 Å². The van der Waals surface area contributed by atoms with E-state index in [2.05, 4.69) is 40.6 Å². The number of nitrogens with one attached hydrogen (secondary N) is 1. The lowest BCUT2D eigenvalue weighted by Gasteiger charge is -2.43. The third-order valence-corrected chi connectivity index (χ3v) is 4.57. The normalized spacial score (nSPS) is 15.2. The van der Waals surface area contributed by atoms with Crippen molar-refractivity contribution in [2.24, 2.45) is 0 Å². The molecule has 0 spiro atoms. The van der Waals surface area contributed by atoms with E-state index in [9.17, 15) is 0 Å². The topological polar surface area (TPSA) is 43.4 Å². The number of ether oxygens (including phenoxy) is 2. The molecule has 25 heavy (non-hydrogen) atoms. The summed E-state index contributed by atoms with van der Waals surface area (Å²) in [6.07, 6.45) is 1.82. The van der Waals surface area contributed by atoms with E-state index in [4.69, 9.17) is 9.47 Å². The number of benzene rings is 2. The highest BCUT2D eigenvalue weighted by Crippen LogP contribution is 2.37. The molecule has 1 aromatic heterocycles. The molecule has 0 aliphatic carbocycles. The zero-order chi connectivity index (χ0) is 17.1. The van der Waals surface area contributed by atoms with Crippen molar-refractivity contribution in [2.75, 3.05) is 25.6 Å². The van der Waals surface area contributed by atoms with Crippen LogP contribution in [0.2, 0.25) is 0 Å². The summed E-state index contributed by atoms with van der Waals surface area (Å²) in [7, 11) is 1.68. The summed E-state index contributed by atoms with van der Waals surface area (Å²) >= 11 is 0. The van der Waals surface area contributed by atoms with E-state index in [1.165, 1.54) is 5.56 Å². The average Bonchev–Trinajstić information content (AvgIpc) is 2.66. The number of hydrogen-bond acceptors (Lipinski definition) is 4. The lowest BCUT2D eigenvalue weighted by molar-refractivity contribution is -0.0446. The Kier molecular flexibility index (Phi) is 4.12. The average molecular weight is 332 g/mol. The third-order valence-electron chi connectivity index (χ3n) is 4.57. The van der Waals surface area contributed by atoms with Crippen LogP contribution in [0.4, 0.5) is 5.69 Å². The number of hydrogen-bond donors (Lipinski definition) is 1. The molecule has 0 radical (unpaired) electrons. The van der Waals surface area contributed by atoms with Gasteiger partial charge in [0.05, 0.1) is 31.7 Å². The molecule has 4 rings (SSSR count). The fourth-order valence-electron chi connectivity index (χ4n) is 3.12. The van der Waals surface area contributed by atoms with Gasteiger partial charge in [0.2, 0.25) is 0 Å². The Morgan fingerprint density at radius 3 is 2.36 bits per heavy atom. The van der Waals surface area contributed by atoms with Crippen molar-refractivity contribution in [3.05, 3.63) is 78.5 Å². The molecule has 2 heterocycles. The summed E-state index contributed by atoms with van der Waals surface area (Å²) in [5, 5.41) is 3.68. The van der Waals surface area contributed by atoms with Crippen molar-refractivity contribution in [1.82, 2.24) is 4.98 Å². The van der Waals surface area contributed by atoms with E-state index in [0.29, 0.717) is 13.2 Å². The van der Waals surface area contributed by atoms with E-state index in [0.717, 1.165) is 22.7 Å². The smallest absolute Gasteiger partial charge is 0.118 e. The Morgan fingerprint density at radius 1 is 0.960 bits per heavy atom. The van der Waals surface area contributed by atoms with Gasteiger partial charge in [-0.15, -0.1) is 0 Å². The van der Waals surface area contributed by atoms with Crippen molar-refractivity contribution in [3.63, 3.8) is 0 Å². The summed E-state index contributed by atoms with van der Waals surface area (Å²) in [4.78, 5) is 4.59. The van der Waals surface area contributed by atoms with Crippen LogP contribution in [0.5, 0.6) is 5.75 Å². The lowest BCUT2D eigenvalue weighted by Crippen LogP contribution is -2.53. The highest BCUT2D eigenvalue weighted by Gasteiger charge is 2.40. The molecule has 0 saturated carbocycles. The minimum atomic E-state index is -0.237. The number of methoxy groups -OCH3 is 1. The van der Waals surface area contributed by atoms with Crippen LogP contribution in [0.1, 0.15) is 5.56 Å². The molecule has 1 aliphatic rings.